The van der Waals surface area contributed by atoms with E-state index in [4.69, 9.17) is 48.6 Å². The highest BCUT2D eigenvalue weighted by molar-refractivity contribution is 7.54. The van der Waals surface area contributed by atoms with Crippen LogP contribution in [0.2, 0.25) is 0 Å². The molecule has 0 bridgehead atoms. The summed E-state index contributed by atoms with van der Waals surface area (Å²) < 4.78 is 26.9. The molecule has 1 aliphatic heterocycles. The van der Waals surface area contributed by atoms with Gasteiger partial charge in [0.15, 0.2) is 0 Å². The van der Waals surface area contributed by atoms with E-state index in [1.165, 1.54) is 4.90 Å². The molecule has 0 aromatic heterocycles. The summed E-state index contributed by atoms with van der Waals surface area (Å²) >= 11 is 16.7. The van der Waals surface area contributed by atoms with Crippen LogP contribution >= 0.6 is 42.4 Å². The first-order valence-corrected chi connectivity index (χ1v) is 9.87. The van der Waals surface area contributed by atoms with Gasteiger partial charge in [0.25, 0.3) is 0 Å². The molecule has 1 aliphatic rings. The number of alkyl halides is 3. The topological polar surface area (TPSA) is 65.1 Å². The number of carbonyl (C=O) groups is 1. The number of carbonyl (C=O) groups excluding carboxylic acids is 1. The summed E-state index contributed by atoms with van der Waals surface area (Å²) in [5.41, 5.74) is 0. The second-order valence-corrected chi connectivity index (χ2v) is 9.42. The van der Waals surface area contributed by atoms with Crippen molar-refractivity contribution >= 4 is 48.5 Å². The van der Waals surface area contributed by atoms with Crippen molar-refractivity contribution in [2.24, 2.45) is 0 Å². The van der Waals surface area contributed by atoms with E-state index in [0.717, 1.165) is 12.8 Å². The minimum absolute atomic E-state index is 0.227. The molecule has 22 heavy (non-hydrogen) atoms. The van der Waals surface area contributed by atoms with Gasteiger partial charge in [0.1, 0.15) is 12.4 Å². The van der Waals surface area contributed by atoms with Crippen LogP contribution in [0, 0.1) is 0 Å². The fraction of sp³-hybridized carbons (Fsp3) is 0.917. The van der Waals surface area contributed by atoms with Crippen molar-refractivity contribution < 1.29 is 23.1 Å². The van der Waals surface area contributed by atoms with E-state index in [9.17, 15) is 9.36 Å². The van der Waals surface area contributed by atoms with E-state index in [1.54, 1.807) is 13.8 Å². The molecule has 1 unspecified atom stereocenters. The number of likely N-dealkylation sites (tertiary alicyclic amines) is 1. The van der Waals surface area contributed by atoms with Crippen molar-refractivity contribution in [1.29, 1.82) is 0 Å². The van der Waals surface area contributed by atoms with Crippen LogP contribution in [0.3, 0.4) is 0 Å². The fourth-order valence-electron chi connectivity index (χ4n) is 2.25. The largest absolute Gasteiger partial charge is 0.445 e. The molecule has 1 saturated heterocycles. The smallest absolute Gasteiger partial charge is 0.410 e. The summed E-state index contributed by atoms with van der Waals surface area (Å²) in [6.07, 6.45) is 1.43. The van der Waals surface area contributed by atoms with Crippen LogP contribution in [0.1, 0.15) is 33.1 Å². The van der Waals surface area contributed by atoms with E-state index >= 15 is 0 Å². The molecule has 0 saturated carbocycles. The van der Waals surface area contributed by atoms with Gasteiger partial charge in [-0.2, -0.15) is 0 Å². The van der Waals surface area contributed by atoms with Crippen LogP contribution in [-0.2, 0) is 18.3 Å². The van der Waals surface area contributed by atoms with Gasteiger partial charge in [0.05, 0.1) is 13.2 Å². The minimum atomic E-state index is -3.44. The number of amides is 1. The van der Waals surface area contributed by atoms with Crippen molar-refractivity contribution in [2.45, 2.75) is 42.7 Å². The SMILES string of the molecule is CCOP(=O)(OCC)C1CCCCN1C(=O)OCC(Cl)(Cl)Cl. The Kier molecular flexibility index (Phi) is 8.27. The average molecular weight is 397 g/mol. The van der Waals surface area contributed by atoms with Gasteiger partial charge in [0, 0.05) is 6.54 Å². The van der Waals surface area contributed by atoms with Crippen molar-refractivity contribution in [2.75, 3.05) is 26.4 Å². The molecule has 0 radical (unpaired) electrons. The van der Waals surface area contributed by atoms with Gasteiger partial charge in [-0.1, -0.05) is 34.8 Å². The third kappa shape index (κ3) is 6.06. The Morgan fingerprint density at radius 1 is 1.23 bits per heavy atom. The predicted molar refractivity (Wildman–Crippen MR) is 86.8 cm³/mol. The molecule has 130 valence electrons. The zero-order chi connectivity index (χ0) is 16.8. The third-order valence-corrected chi connectivity index (χ3v) is 5.88. The maximum Gasteiger partial charge on any atom is 0.410 e. The normalized spacial score (nSPS) is 20.0. The van der Waals surface area contributed by atoms with E-state index in [1.807, 2.05) is 0 Å². The minimum Gasteiger partial charge on any atom is -0.445 e. The molecule has 1 fully saturated rings. The Bertz CT molecular complexity index is 408. The summed E-state index contributed by atoms with van der Waals surface area (Å²) in [4.78, 5) is 13.6. The molecule has 0 aliphatic carbocycles. The molecule has 1 amide bonds. The lowest BCUT2D eigenvalue weighted by molar-refractivity contribution is 0.0787. The van der Waals surface area contributed by atoms with Crippen LogP contribution in [-0.4, -0.2) is 46.9 Å². The van der Waals surface area contributed by atoms with Crippen molar-refractivity contribution in [3.8, 4) is 0 Å². The maximum absolute atomic E-state index is 12.9. The Morgan fingerprint density at radius 2 is 1.82 bits per heavy atom. The maximum atomic E-state index is 12.9. The fourth-order valence-corrected chi connectivity index (χ4v) is 4.60. The number of halogens is 3. The Balaban J connectivity index is 2.85. The zero-order valence-electron chi connectivity index (χ0n) is 12.6. The van der Waals surface area contributed by atoms with Crippen LogP contribution in [0.15, 0.2) is 0 Å². The van der Waals surface area contributed by atoms with Gasteiger partial charge in [0.2, 0.25) is 3.79 Å². The monoisotopic (exact) mass is 395 g/mol. The Hall–Kier alpha value is 0.290. The molecule has 0 aromatic rings. The number of ether oxygens (including phenoxy) is 1. The lowest BCUT2D eigenvalue weighted by Gasteiger charge is -2.38. The summed E-state index contributed by atoms with van der Waals surface area (Å²) in [6, 6.07) is 0. The van der Waals surface area contributed by atoms with Gasteiger partial charge in [-0.05, 0) is 33.1 Å². The first-order valence-electron chi connectivity index (χ1n) is 7.12. The number of rotatable bonds is 6. The second kappa shape index (κ2) is 8.95. The lowest BCUT2D eigenvalue weighted by Crippen LogP contribution is -2.45. The van der Waals surface area contributed by atoms with E-state index in [2.05, 4.69) is 0 Å². The van der Waals surface area contributed by atoms with Gasteiger partial charge in [-0.25, -0.2) is 4.79 Å². The molecule has 0 N–H and O–H groups in total. The second-order valence-electron chi connectivity index (χ2n) is 4.71. The lowest BCUT2D eigenvalue weighted by atomic mass is 10.1. The van der Waals surface area contributed by atoms with Gasteiger partial charge >= 0.3 is 13.7 Å². The van der Waals surface area contributed by atoms with Gasteiger partial charge in [-0.3, -0.25) is 9.46 Å². The number of hydrogen-bond donors (Lipinski definition) is 0. The first kappa shape index (κ1) is 20.3. The summed E-state index contributed by atoms with van der Waals surface area (Å²) in [7, 11) is -3.44. The molecular weight excluding hydrogens is 375 g/mol. The molecule has 1 atom stereocenters. The molecular formula is C12H21Cl3NO5P. The summed E-state index contributed by atoms with van der Waals surface area (Å²) in [5.74, 6) is -0.677. The highest BCUT2D eigenvalue weighted by Gasteiger charge is 2.44. The van der Waals surface area contributed by atoms with Crippen molar-refractivity contribution in [1.82, 2.24) is 4.90 Å². The molecule has 1 heterocycles. The first-order chi connectivity index (χ1) is 10.2. The Labute approximate surface area is 145 Å². The van der Waals surface area contributed by atoms with Crippen LogP contribution in [0.25, 0.3) is 0 Å². The summed E-state index contributed by atoms with van der Waals surface area (Å²) in [5, 5.41) is 0. The zero-order valence-corrected chi connectivity index (χ0v) is 15.8. The molecule has 0 spiro atoms. The van der Waals surface area contributed by atoms with Crippen LogP contribution < -0.4 is 0 Å². The van der Waals surface area contributed by atoms with Crippen LogP contribution in [0.4, 0.5) is 4.79 Å². The van der Waals surface area contributed by atoms with Gasteiger partial charge < -0.3 is 13.8 Å². The van der Waals surface area contributed by atoms with E-state index < -0.39 is 23.3 Å². The third-order valence-electron chi connectivity index (χ3n) is 3.05. The van der Waals surface area contributed by atoms with E-state index in [-0.39, 0.29) is 19.8 Å². The quantitative estimate of drug-likeness (QED) is 0.486. The highest BCUT2D eigenvalue weighted by atomic mass is 35.6. The molecule has 1 rings (SSSR count). The standard InChI is InChI=1S/C12H21Cl3NO5P/c1-3-20-22(18,21-4-2)10-7-5-6-8-16(10)11(17)19-9-12(13,14)15/h10H,3-9H2,1-2H3. The van der Waals surface area contributed by atoms with Crippen molar-refractivity contribution in [3.05, 3.63) is 0 Å². The number of hydrogen-bond acceptors (Lipinski definition) is 5. The van der Waals surface area contributed by atoms with Gasteiger partial charge in [-0.15, -0.1) is 0 Å². The number of piperidine rings is 1. The average Bonchev–Trinajstić information content (AvgIpc) is 2.44. The van der Waals surface area contributed by atoms with Crippen LogP contribution in [0.5, 0.6) is 0 Å². The highest BCUT2D eigenvalue weighted by Crippen LogP contribution is 2.56. The molecule has 10 heteroatoms. The number of nitrogens with zero attached hydrogens (tertiary/aromatic N) is 1. The summed E-state index contributed by atoms with van der Waals surface area (Å²) in [6.45, 7) is 3.91. The Morgan fingerprint density at radius 3 is 2.32 bits per heavy atom. The molecule has 0 aromatic carbocycles. The van der Waals surface area contributed by atoms with Crippen molar-refractivity contribution in [3.63, 3.8) is 0 Å². The molecule has 6 nitrogen and oxygen atoms in total. The predicted octanol–water partition coefficient (Wildman–Crippen LogP) is 4.57. The van der Waals surface area contributed by atoms with E-state index in [0.29, 0.717) is 13.0 Å².